The Morgan fingerprint density at radius 3 is 2.68 bits per heavy atom. The Morgan fingerprint density at radius 1 is 1.32 bits per heavy atom. The Morgan fingerprint density at radius 2 is 2.05 bits per heavy atom. The lowest BCUT2D eigenvalue weighted by Gasteiger charge is -2.17. The van der Waals surface area contributed by atoms with E-state index in [2.05, 4.69) is 10.3 Å². The zero-order chi connectivity index (χ0) is 13.9. The van der Waals surface area contributed by atoms with E-state index in [0.29, 0.717) is 5.69 Å². The summed E-state index contributed by atoms with van der Waals surface area (Å²) in [5.41, 5.74) is -2.11. The molecule has 0 saturated heterocycles. The number of nitrogens with zero attached hydrogens (tertiary/aromatic N) is 1. The largest absolute Gasteiger partial charge is 0.446 e. The monoisotopic (exact) mass is 304 g/mol. The van der Waals surface area contributed by atoms with E-state index in [9.17, 15) is 13.2 Å². The highest BCUT2D eigenvalue weighted by Gasteiger charge is 2.30. The van der Waals surface area contributed by atoms with Crippen molar-refractivity contribution in [1.82, 2.24) is 4.98 Å². The van der Waals surface area contributed by atoms with Crippen molar-refractivity contribution >= 4 is 28.8 Å². The van der Waals surface area contributed by atoms with Gasteiger partial charge in [0, 0.05) is 21.7 Å². The first-order chi connectivity index (χ1) is 8.96. The van der Waals surface area contributed by atoms with Crippen LogP contribution in [0.4, 0.5) is 18.9 Å². The molecule has 0 radical (unpaired) electrons. The van der Waals surface area contributed by atoms with Crippen molar-refractivity contribution in [2.75, 3.05) is 5.32 Å². The van der Waals surface area contributed by atoms with Gasteiger partial charge in [0.25, 0.3) is 0 Å². The molecule has 19 heavy (non-hydrogen) atoms. The van der Waals surface area contributed by atoms with Gasteiger partial charge in [0.2, 0.25) is 0 Å². The molecule has 1 heterocycles. The SMILES string of the molecule is CC(Nc1ccccc1SC(F)(F)F)c1cncs1. The average molecular weight is 304 g/mol. The summed E-state index contributed by atoms with van der Waals surface area (Å²) < 4.78 is 37.4. The Hall–Kier alpha value is -1.21. The molecule has 102 valence electrons. The van der Waals surface area contributed by atoms with Crippen LogP contribution in [0.5, 0.6) is 0 Å². The number of aromatic nitrogens is 1. The van der Waals surface area contributed by atoms with Gasteiger partial charge in [-0.05, 0) is 30.8 Å². The van der Waals surface area contributed by atoms with Crippen molar-refractivity contribution in [3.8, 4) is 0 Å². The van der Waals surface area contributed by atoms with Crippen LogP contribution < -0.4 is 5.32 Å². The number of rotatable bonds is 4. The standard InChI is InChI=1S/C12H11F3N2S2/c1-8(11-6-16-7-18-11)17-9-4-2-3-5-10(9)19-12(13,14)15/h2-8,17H,1H3. The van der Waals surface area contributed by atoms with Crippen LogP contribution >= 0.6 is 23.1 Å². The Bertz CT molecular complexity index is 526. The van der Waals surface area contributed by atoms with Gasteiger partial charge in [-0.3, -0.25) is 4.98 Å². The smallest absolute Gasteiger partial charge is 0.377 e. The topological polar surface area (TPSA) is 24.9 Å². The third-order valence-electron chi connectivity index (χ3n) is 2.36. The van der Waals surface area contributed by atoms with Crippen molar-refractivity contribution in [2.24, 2.45) is 0 Å². The lowest BCUT2D eigenvalue weighted by molar-refractivity contribution is -0.0327. The van der Waals surface area contributed by atoms with Gasteiger partial charge in [-0.2, -0.15) is 13.2 Å². The molecule has 2 aromatic rings. The van der Waals surface area contributed by atoms with Crippen molar-refractivity contribution in [3.63, 3.8) is 0 Å². The number of benzene rings is 1. The zero-order valence-corrected chi connectivity index (χ0v) is 11.6. The minimum absolute atomic E-state index is 0.0810. The van der Waals surface area contributed by atoms with Crippen molar-refractivity contribution < 1.29 is 13.2 Å². The quantitative estimate of drug-likeness (QED) is 0.811. The van der Waals surface area contributed by atoms with Crippen LogP contribution in [-0.4, -0.2) is 10.5 Å². The summed E-state index contributed by atoms with van der Waals surface area (Å²) in [6.45, 7) is 1.89. The van der Waals surface area contributed by atoms with Gasteiger partial charge in [0.15, 0.2) is 0 Å². The molecule has 1 aromatic heterocycles. The summed E-state index contributed by atoms with van der Waals surface area (Å²) in [6, 6.07) is 6.33. The Balaban J connectivity index is 2.16. The highest BCUT2D eigenvalue weighted by Crippen LogP contribution is 2.41. The maximum absolute atomic E-state index is 12.5. The molecule has 1 aromatic carbocycles. The summed E-state index contributed by atoms with van der Waals surface area (Å²) in [5.74, 6) is 0. The van der Waals surface area contributed by atoms with Crippen molar-refractivity contribution in [3.05, 3.63) is 40.8 Å². The van der Waals surface area contributed by atoms with Crippen LogP contribution in [0.25, 0.3) is 0 Å². The zero-order valence-electron chi connectivity index (χ0n) is 9.94. The number of hydrogen-bond acceptors (Lipinski definition) is 4. The third-order valence-corrected chi connectivity index (χ3v) is 4.13. The number of halogens is 3. The molecule has 1 atom stereocenters. The summed E-state index contributed by atoms with van der Waals surface area (Å²) in [4.78, 5) is 5.11. The molecule has 0 aliphatic heterocycles. The van der Waals surface area contributed by atoms with Crippen LogP contribution in [0.1, 0.15) is 17.8 Å². The second-order valence-electron chi connectivity index (χ2n) is 3.81. The van der Waals surface area contributed by atoms with E-state index in [1.165, 1.54) is 17.4 Å². The molecule has 0 aliphatic carbocycles. The maximum Gasteiger partial charge on any atom is 0.446 e. The van der Waals surface area contributed by atoms with Crippen LogP contribution in [0.2, 0.25) is 0 Å². The predicted molar refractivity (Wildman–Crippen MR) is 72.5 cm³/mol. The molecule has 7 heteroatoms. The van der Waals surface area contributed by atoms with E-state index in [-0.39, 0.29) is 22.7 Å². The van der Waals surface area contributed by atoms with Gasteiger partial charge in [0.05, 0.1) is 11.6 Å². The highest BCUT2D eigenvalue weighted by molar-refractivity contribution is 8.00. The van der Waals surface area contributed by atoms with Gasteiger partial charge in [-0.1, -0.05) is 12.1 Å². The predicted octanol–water partition coefficient (Wildman–Crippen LogP) is 4.93. The van der Waals surface area contributed by atoms with Gasteiger partial charge in [-0.15, -0.1) is 11.3 Å². The van der Waals surface area contributed by atoms with Crippen molar-refractivity contribution in [1.29, 1.82) is 0 Å². The van der Waals surface area contributed by atoms with Crippen LogP contribution in [0.3, 0.4) is 0 Å². The fraction of sp³-hybridized carbons (Fsp3) is 0.250. The first-order valence-electron chi connectivity index (χ1n) is 5.45. The summed E-state index contributed by atoms with van der Waals surface area (Å²) >= 11 is 1.36. The second-order valence-corrected chi connectivity index (χ2v) is 5.84. The van der Waals surface area contributed by atoms with E-state index < -0.39 is 5.51 Å². The number of hydrogen-bond donors (Lipinski definition) is 1. The van der Waals surface area contributed by atoms with E-state index in [4.69, 9.17) is 0 Å². The number of alkyl halides is 3. The van der Waals surface area contributed by atoms with Gasteiger partial charge in [-0.25, -0.2) is 0 Å². The Labute approximate surface area is 117 Å². The lowest BCUT2D eigenvalue weighted by atomic mass is 10.2. The van der Waals surface area contributed by atoms with Gasteiger partial charge in [0.1, 0.15) is 0 Å². The minimum atomic E-state index is -4.29. The first-order valence-corrected chi connectivity index (χ1v) is 7.15. The molecule has 0 fully saturated rings. The van der Waals surface area contributed by atoms with E-state index in [0.717, 1.165) is 4.88 Å². The number of nitrogens with one attached hydrogen (secondary N) is 1. The molecular formula is C12H11F3N2S2. The maximum atomic E-state index is 12.5. The molecule has 0 amide bonds. The highest BCUT2D eigenvalue weighted by atomic mass is 32.2. The molecule has 1 unspecified atom stereocenters. The van der Waals surface area contributed by atoms with E-state index >= 15 is 0 Å². The first kappa shape index (κ1) is 14.2. The van der Waals surface area contributed by atoms with Crippen LogP contribution in [-0.2, 0) is 0 Å². The molecule has 1 N–H and O–H groups in total. The number of thiazole rings is 1. The lowest BCUT2D eigenvalue weighted by Crippen LogP contribution is -2.07. The fourth-order valence-corrected chi connectivity index (χ4v) is 2.80. The van der Waals surface area contributed by atoms with Crippen LogP contribution in [0, 0.1) is 0 Å². The summed E-state index contributed by atoms with van der Waals surface area (Å²) in [7, 11) is 0. The summed E-state index contributed by atoms with van der Waals surface area (Å²) in [6.07, 6.45) is 1.71. The molecule has 2 nitrogen and oxygen atoms in total. The molecule has 0 aliphatic rings. The van der Waals surface area contributed by atoms with Gasteiger partial charge < -0.3 is 5.32 Å². The minimum Gasteiger partial charge on any atom is -0.377 e. The normalized spacial score (nSPS) is 13.3. The second kappa shape index (κ2) is 5.83. The third kappa shape index (κ3) is 4.14. The molecule has 0 bridgehead atoms. The van der Waals surface area contributed by atoms with Gasteiger partial charge >= 0.3 is 5.51 Å². The average Bonchev–Trinajstić information content (AvgIpc) is 2.83. The molecule has 2 rings (SSSR count). The summed E-state index contributed by atoms with van der Waals surface area (Å²) in [5, 5.41) is 3.09. The van der Waals surface area contributed by atoms with Crippen molar-refractivity contribution in [2.45, 2.75) is 23.4 Å². The van der Waals surface area contributed by atoms with E-state index in [1.807, 2.05) is 6.92 Å². The van der Waals surface area contributed by atoms with Crippen LogP contribution in [0.15, 0.2) is 40.9 Å². The fourth-order valence-electron chi connectivity index (χ4n) is 1.54. The molecule has 0 spiro atoms. The molecular weight excluding hydrogens is 293 g/mol. The molecule has 0 saturated carbocycles. The number of para-hydroxylation sites is 1. The Kier molecular flexibility index (Phi) is 4.36. The number of thioether (sulfide) groups is 1. The number of anilines is 1. The van der Waals surface area contributed by atoms with E-state index in [1.54, 1.807) is 29.9 Å².